The molecule has 7 heteroatoms. The fourth-order valence-corrected chi connectivity index (χ4v) is 1.60. The van der Waals surface area contributed by atoms with E-state index < -0.39 is 18.0 Å². The SMILES string of the molecule is CCOC[C@H](O)CNC(=O)c1cc(OC)cc(C(=O)O)c1. The van der Waals surface area contributed by atoms with Crippen molar-refractivity contribution < 1.29 is 29.3 Å². The third-order valence-electron chi connectivity index (χ3n) is 2.66. The van der Waals surface area contributed by atoms with E-state index in [0.717, 1.165) is 0 Å². The average molecular weight is 297 g/mol. The largest absolute Gasteiger partial charge is 0.497 e. The van der Waals surface area contributed by atoms with Crippen LogP contribution in [0.15, 0.2) is 18.2 Å². The van der Waals surface area contributed by atoms with Gasteiger partial charge in [0.2, 0.25) is 0 Å². The van der Waals surface area contributed by atoms with Crippen molar-refractivity contribution in [3.63, 3.8) is 0 Å². The molecule has 1 atom stereocenters. The zero-order chi connectivity index (χ0) is 15.8. The Labute approximate surface area is 122 Å². The van der Waals surface area contributed by atoms with Gasteiger partial charge in [-0.2, -0.15) is 0 Å². The van der Waals surface area contributed by atoms with Crippen LogP contribution < -0.4 is 10.1 Å². The Morgan fingerprint density at radius 2 is 1.95 bits per heavy atom. The van der Waals surface area contributed by atoms with Crippen molar-refractivity contribution in [3.05, 3.63) is 29.3 Å². The molecular formula is C14H19NO6. The van der Waals surface area contributed by atoms with E-state index in [2.05, 4.69) is 5.32 Å². The van der Waals surface area contributed by atoms with Gasteiger partial charge in [0.25, 0.3) is 5.91 Å². The van der Waals surface area contributed by atoms with Gasteiger partial charge in [-0.25, -0.2) is 4.79 Å². The van der Waals surface area contributed by atoms with E-state index in [0.29, 0.717) is 6.61 Å². The molecule has 1 amide bonds. The van der Waals surface area contributed by atoms with Crippen LogP contribution in [-0.4, -0.2) is 55.1 Å². The minimum absolute atomic E-state index is 0.0123. The summed E-state index contributed by atoms with van der Waals surface area (Å²) in [6, 6.07) is 3.99. The predicted molar refractivity (Wildman–Crippen MR) is 74.8 cm³/mol. The predicted octanol–water partition coefficient (Wildman–Crippen LogP) is 0.521. The molecule has 0 aliphatic heterocycles. The molecule has 0 spiro atoms. The maximum atomic E-state index is 12.0. The molecule has 0 fully saturated rings. The van der Waals surface area contributed by atoms with E-state index in [1.165, 1.54) is 25.3 Å². The highest BCUT2D eigenvalue weighted by molar-refractivity contribution is 5.98. The Morgan fingerprint density at radius 3 is 2.52 bits per heavy atom. The van der Waals surface area contributed by atoms with Crippen LogP contribution in [0.1, 0.15) is 27.6 Å². The maximum absolute atomic E-state index is 12.0. The molecule has 0 heterocycles. The first-order chi connectivity index (χ1) is 9.97. The number of nitrogens with one attached hydrogen (secondary N) is 1. The number of carboxylic acid groups (broad SMARTS) is 1. The monoisotopic (exact) mass is 297 g/mol. The van der Waals surface area contributed by atoms with E-state index in [4.69, 9.17) is 14.6 Å². The van der Waals surface area contributed by atoms with Gasteiger partial charge in [0.1, 0.15) is 5.75 Å². The van der Waals surface area contributed by atoms with Crippen molar-refractivity contribution >= 4 is 11.9 Å². The second-order valence-corrected chi connectivity index (χ2v) is 4.28. The van der Waals surface area contributed by atoms with Crippen molar-refractivity contribution in [3.8, 4) is 5.75 Å². The van der Waals surface area contributed by atoms with Crippen LogP contribution in [0, 0.1) is 0 Å². The second-order valence-electron chi connectivity index (χ2n) is 4.28. The number of aromatic carboxylic acids is 1. The third kappa shape index (κ3) is 5.41. The Bertz CT molecular complexity index is 502. The van der Waals surface area contributed by atoms with Crippen LogP contribution in [-0.2, 0) is 4.74 Å². The van der Waals surface area contributed by atoms with Gasteiger partial charge in [-0.05, 0) is 25.1 Å². The van der Waals surface area contributed by atoms with Gasteiger partial charge in [-0.1, -0.05) is 0 Å². The molecule has 3 N–H and O–H groups in total. The maximum Gasteiger partial charge on any atom is 0.335 e. The minimum Gasteiger partial charge on any atom is -0.497 e. The van der Waals surface area contributed by atoms with Crippen LogP contribution in [0.5, 0.6) is 5.75 Å². The fraction of sp³-hybridized carbons (Fsp3) is 0.429. The highest BCUT2D eigenvalue weighted by Crippen LogP contribution is 2.17. The molecule has 0 aliphatic carbocycles. The number of carbonyl (C=O) groups excluding carboxylic acids is 1. The first kappa shape index (κ1) is 16.9. The number of ether oxygens (including phenoxy) is 2. The molecule has 7 nitrogen and oxygen atoms in total. The van der Waals surface area contributed by atoms with E-state index >= 15 is 0 Å². The van der Waals surface area contributed by atoms with Crippen LogP contribution >= 0.6 is 0 Å². The van der Waals surface area contributed by atoms with Crippen LogP contribution in [0.25, 0.3) is 0 Å². The zero-order valence-corrected chi connectivity index (χ0v) is 12.0. The Morgan fingerprint density at radius 1 is 1.29 bits per heavy atom. The number of hydrogen-bond acceptors (Lipinski definition) is 5. The highest BCUT2D eigenvalue weighted by atomic mass is 16.5. The number of benzene rings is 1. The number of aliphatic hydroxyl groups excluding tert-OH is 1. The van der Waals surface area contributed by atoms with E-state index in [1.54, 1.807) is 6.92 Å². The fourth-order valence-electron chi connectivity index (χ4n) is 1.60. The molecule has 0 radical (unpaired) electrons. The van der Waals surface area contributed by atoms with Crippen LogP contribution in [0.3, 0.4) is 0 Å². The van der Waals surface area contributed by atoms with Crippen molar-refractivity contribution in [1.29, 1.82) is 0 Å². The number of aliphatic hydroxyl groups is 1. The lowest BCUT2D eigenvalue weighted by Gasteiger charge is -2.12. The number of carbonyl (C=O) groups is 2. The lowest BCUT2D eigenvalue weighted by molar-refractivity contribution is 0.0418. The molecule has 0 aromatic heterocycles. The summed E-state index contributed by atoms with van der Waals surface area (Å²) in [5, 5.41) is 21.1. The first-order valence-electron chi connectivity index (χ1n) is 6.44. The number of methoxy groups -OCH3 is 1. The normalized spacial score (nSPS) is 11.8. The van der Waals surface area contributed by atoms with Gasteiger partial charge in [0, 0.05) is 18.7 Å². The van der Waals surface area contributed by atoms with Crippen molar-refractivity contribution in [1.82, 2.24) is 5.32 Å². The van der Waals surface area contributed by atoms with Crippen molar-refractivity contribution in [2.24, 2.45) is 0 Å². The first-order valence-corrected chi connectivity index (χ1v) is 6.44. The molecule has 0 saturated carbocycles. The van der Waals surface area contributed by atoms with E-state index in [-0.39, 0.29) is 30.0 Å². The molecule has 1 aromatic carbocycles. The molecule has 21 heavy (non-hydrogen) atoms. The molecule has 0 saturated heterocycles. The third-order valence-corrected chi connectivity index (χ3v) is 2.66. The molecule has 116 valence electrons. The number of carboxylic acids is 1. The molecule has 0 bridgehead atoms. The summed E-state index contributed by atoms with van der Waals surface area (Å²) in [6.45, 7) is 2.41. The van der Waals surface area contributed by atoms with Gasteiger partial charge >= 0.3 is 5.97 Å². The summed E-state index contributed by atoms with van der Waals surface area (Å²) in [6.07, 6.45) is -0.821. The Balaban J connectivity index is 2.73. The average Bonchev–Trinajstić information content (AvgIpc) is 2.49. The second kappa shape index (κ2) is 8.23. The molecule has 0 aliphatic rings. The zero-order valence-electron chi connectivity index (χ0n) is 12.0. The summed E-state index contributed by atoms with van der Waals surface area (Å²) in [5.74, 6) is -1.37. The van der Waals surface area contributed by atoms with Crippen molar-refractivity contribution in [2.45, 2.75) is 13.0 Å². The van der Waals surface area contributed by atoms with Gasteiger partial charge < -0.3 is 25.0 Å². The topological polar surface area (TPSA) is 105 Å². The number of hydrogen-bond donors (Lipinski definition) is 3. The van der Waals surface area contributed by atoms with Gasteiger partial charge in [0.15, 0.2) is 0 Å². The summed E-state index contributed by atoms with van der Waals surface area (Å²) in [7, 11) is 1.38. The smallest absolute Gasteiger partial charge is 0.335 e. The molecular weight excluding hydrogens is 278 g/mol. The van der Waals surface area contributed by atoms with E-state index in [1.807, 2.05) is 0 Å². The van der Waals surface area contributed by atoms with Crippen LogP contribution in [0.2, 0.25) is 0 Å². The van der Waals surface area contributed by atoms with E-state index in [9.17, 15) is 14.7 Å². The standard InChI is InChI=1S/C14H19NO6/c1-3-21-8-11(16)7-15-13(17)9-4-10(14(18)19)6-12(5-9)20-2/h4-6,11,16H,3,7-8H2,1-2H3,(H,15,17)(H,18,19)/t11-/m1/s1. The minimum atomic E-state index is -1.15. The lowest BCUT2D eigenvalue weighted by atomic mass is 10.1. The number of amides is 1. The Kier molecular flexibility index (Phi) is 6.64. The van der Waals surface area contributed by atoms with Crippen LogP contribution in [0.4, 0.5) is 0 Å². The highest BCUT2D eigenvalue weighted by Gasteiger charge is 2.14. The summed E-state index contributed by atoms with van der Waals surface area (Å²) in [5.41, 5.74) is 0.102. The molecule has 0 unspecified atom stereocenters. The lowest BCUT2D eigenvalue weighted by Crippen LogP contribution is -2.34. The van der Waals surface area contributed by atoms with Gasteiger partial charge in [0.05, 0.1) is 25.4 Å². The van der Waals surface area contributed by atoms with Gasteiger partial charge in [-0.15, -0.1) is 0 Å². The quantitative estimate of drug-likeness (QED) is 0.646. The van der Waals surface area contributed by atoms with Gasteiger partial charge in [-0.3, -0.25) is 4.79 Å². The summed E-state index contributed by atoms with van der Waals surface area (Å²) >= 11 is 0. The molecule has 1 aromatic rings. The summed E-state index contributed by atoms with van der Waals surface area (Å²) in [4.78, 5) is 22.9. The summed E-state index contributed by atoms with van der Waals surface area (Å²) < 4.78 is 9.98. The Hall–Kier alpha value is -2.12. The van der Waals surface area contributed by atoms with Crippen molar-refractivity contribution in [2.75, 3.05) is 26.9 Å². The number of rotatable bonds is 8. The molecule has 1 rings (SSSR count).